The summed E-state index contributed by atoms with van der Waals surface area (Å²) in [5.41, 5.74) is -0.344. The van der Waals surface area contributed by atoms with E-state index in [2.05, 4.69) is 0 Å². The molecule has 110 valence electrons. The van der Waals surface area contributed by atoms with Gasteiger partial charge in [0.1, 0.15) is 28.4 Å². The standard InChI is InChI=1S/C16H8ClFO4/c17-12-8-21-14-7-9(5-6-11(14)15(12)19)22-16(20)10-3-1-2-4-13(10)18/h1-8H. The number of rotatable bonds is 2. The molecule has 0 N–H and O–H groups in total. The molecule has 0 radical (unpaired) electrons. The van der Waals surface area contributed by atoms with E-state index in [-0.39, 0.29) is 32.7 Å². The lowest BCUT2D eigenvalue weighted by atomic mass is 10.2. The first kappa shape index (κ1) is 14.3. The van der Waals surface area contributed by atoms with Crippen LogP contribution in [0.5, 0.6) is 5.75 Å². The maximum Gasteiger partial charge on any atom is 0.346 e. The zero-order valence-corrected chi connectivity index (χ0v) is 11.8. The molecule has 0 spiro atoms. The van der Waals surface area contributed by atoms with Gasteiger partial charge in [0, 0.05) is 6.07 Å². The smallest absolute Gasteiger partial charge is 0.346 e. The van der Waals surface area contributed by atoms with Crippen LogP contribution in [-0.4, -0.2) is 5.97 Å². The minimum atomic E-state index is -0.839. The van der Waals surface area contributed by atoms with E-state index in [1.54, 1.807) is 0 Å². The molecule has 0 aliphatic carbocycles. The van der Waals surface area contributed by atoms with Crippen LogP contribution < -0.4 is 10.2 Å². The highest BCUT2D eigenvalue weighted by atomic mass is 35.5. The summed E-state index contributed by atoms with van der Waals surface area (Å²) in [6.45, 7) is 0. The lowest BCUT2D eigenvalue weighted by Crippen LogP contribution is -2.10. The fourth-order valence-electron chi connectivity index (χ4n) is 1.94. The molecule has 3 aromatic rings. The van der Waals surface area contributed by atoms with Crippen molar-refractivity contribution >= 4 is 28.5 Å². The monoisotopic (exact) mass is 318 g/mol. The topological polar surface area (TPSA) is 56.5 Å². The summed E-state index contributed by atoms with van der Waals surface area (Å²) in [6, 6.07) is 9.69. The number of benzene rings is 2. The number of hydrogen-bond acceptors (Lipinski definition) is 4. The first-order valence-electron chi connectivity index (χ1n) is 6.24. The van der Waals surface area contributed by atoms with Gasteiger partial charge in [-0.3, -0.25) is 4.79 Å². The van der Waals surface area contributed by atoms with Crippen LogP contribution in [0, 0.1) is 5.82 Å². The number of carbonyl (C=O) groups excluding carboxylic acids is 1. The normalized spacial score (nSPS) is 10.6. The summed E-state index contributed by atoms with van der Waals surface area (Å²) in [6.07, 6.45) is 1.11. The van der Waals surface area contributed by atoms with Crippen LogP contribution in [0.25, 0.3) is 11.0 Å². The molecule has 0 fully saturated rings. The maximum atomic E-state index is 13.5. The van der Waals surface area contributed by atoms with Crippen molar-refractivity contribution in [2.24, 2.45) is 0 Å². The number of carbonyl (C=O) groups is 1. The highest BCUT2D eigenvalue weighted by Crippen LogP contribution is 2.21. The number of hydrogen-bond donors (Lipinski definition) is 0. The summed E-state index contributed by atoms with van der Waals surface area (Å²) in [7, 11) is 0. The van der Waals surface area contributed by atoms with Gasteiger partial charge >= 0.3 is 5.97 Å². The summed E-state index contributed by atoms with van der Waals surface area (Å²) in [5, 5.41) is 0.224. The van der Waals surface area contributed by atoms with Crippen LogP contribution in [0.3, 0.4) is 0 Å². The Kier molecular flexibility index (Phi) is 3.65. The Hall–Kier alpha value is -2.66. The zero-order chi connectivity index (χ0) is 15.7. The predicted octanol–water partition coefficient (Wildman–Crippen LogP) is 3.80. The molecule has 2 aromatic carbocycles. The van der Waals surface area contributed by atoms with Crippen LogP contribution in [0.4, 0.5) is 4.39 Å². The van der Waals surface area contributed by atoms with Crippen LogP contribution in [0.15, 0.2) is 57.9 Å². The van der Waals surface area contributed by atoms with E-state index in [1.807, 2.05) is 0 Å². The molecule has 22 heavy (non-hydrogen) atoms. The van der Waals surface area contributed by atoms with E-state index in [9.17, 15) is 14.0 Å². The Morgan fingerprint density at radius 1 is 1.18 bits per heavy atom. The maximum absolute atomic E-state index is 13.5. The SMILES string of the molecule is O=C(Oc1ccc2c(=O)c(Cl)coc2c1)c1ccccc1F. The van der Waals surface area contributed by atoms with E-state index in [4.69, 9.17) is 20.8 Å². The minimum Gasteiger partial charge on any atom is -0.462 e. The second kappa shape index (κ2) is 5.61. The van der Waals surface area contributed by atoms with Crippen molar-refractivity contribution < 1.29 is 18.3 Å². The van der Waals surface area contributed by atoms with Gasteiger partial charge in [0.2, 0.25) is 5.43 Å². The fraction of sp³-hybridized carbons (Fsp3) is 0. The Bertz CT molecular complexity index is 933. The third-order valence-corrected chi connectivity index (χ3v) is 3.27. The van der Waals surface area contributed by atoms with E-state index in [0.29, 0.717) is 0 Å². The molecule has 0 unspecified atom stereocenters. The molecule has 0 saturated heterocycles. The lowest BCUT2D eigenvalue weighted by Gasteiger charge is -2.06. The number of ether oxygens (including phenoxy) is 1. The largest absolute Gasteiger partial charge is 0.462 e. The van der Waals surface area contributed by atoms with Crippen LogP contribution in [-0.2, 0) is 0 Å². The second-order valence-corrected chi connectivity index (χ2v) is 4.85. The van der Waals surface area contributed by atoms with Crippen molar-refractivity contribution in [2.75, 3.05) is 0 Å². The van der Waals surface area contributed by atoms with Gasteiger partial charge in [0.15, 0.2) is 0 Å². The minimum absolute atomic E-state index is 0.0383. The molecule has 1 heterocycles. The van der Waals surface area contributed by atoms with Crippen molar-refractivity contribution in [3.8, 4) is 5.75 Å². The molecule has 0 aliphatic rings. The van der Waals surface area contributed by atoms with Crippen molar-refractivity contribution in [1.82, 2.24) is 0 Å². The summed E-state index contributed by atoms with van der Waals surface area (Å²) >= 11 is 5.68. The number of fused-ring (bicyclic) bond motifs is 1. The van der Waals surface area contributed by atoms with Crippen molar-refractivity contribution in [2.45, 2.75) is 0 Å². The van der Waals surface area contributed by atoms with E-state index >= 15 is 0 Å². The Morgan fingerprint density at radius 3 is 2.73 bits per heavy atom. The summed E-state index contributed by atoms with van der Waals surface area (Å²) in [5.74, 6) is -1.38. The quantitative estimate of drug-likeness (QED) is 0.532. The van der Waals surface area contributed by atoms with E-state index in [1.165, 1.54) is 36.4 Å². The molecular weight excluding hydrogens is 311 g/mol. The fourth-order valence-corrected chi connectivity index (χ4v) is 2.08. The number of esters is 1. The lowest BCUT2D eigenvalue weighted by molar-refractivity contribution is 0.0730. The molecule has 1 aromatic heterocycles. The van der Waals surface area contributed by atoms with Crippen LogP contribution in [0.2, 0.25) is 5.02 Å². The van der Waals surface area contributed by atoms with Crippen LogP contribution in [0.1, 0.15) is 10.4 Å². The third kappa shape index (κ3) is 2.58. The molecule has 0 saturated carbocycles. The average Bonchev–Trinajstić information content (AvgIpc) is 2.51. The molecular formula is C16H8ClFO4. The molecule has 3 rings (SSSR count). The zero-order valence-electron chi connectivity index (χ0n) is 11.0. The Morgan fingerprint density at radius 2 is 1.95 bits per heavy atom. The van der Waals surface area contributed by atoms with Gasteiger partial charge in [-0.1, -0.05) is 23.7 Å². The van der Waals surface area contributed by atoms with Crippen molar-refractivity contribution in [1.29, 1.82) is 0 Å². The highest BCUT2D eigenvalue weighted by molar-refractivity contribution is 6.30. The van der Waals surface area contributed by atoms with E-state index < -0.39 is 11.8 Å². The molecule has 6 heteroatoms. The van der Waals surface area contributed by atoms with Gasteiger partial charge in [-0.15, -0.1) is 0 Å². The first-order chi connectivity index (χ1) is 10.6. The van der Waals surface area contributed by atoms with Gasteiger partial charge < -0.3 is 9.15 Å². The van der Waals surface area contributed by atoms with Crippen molar-refractivity contribution in [3.05, 3.63) is 75.4 Å². The summed E-state index contributed by atoms with van der Waals surface area (Å²) < 4.78 is 23.8. The molecule has 0 amide bonds. The van der Waals surface area contributed by atoms with Crippen LogP contribution >= 0.6 is 11.6 Å². The van der Waals surface area contributed by atoms with Gasteiger partial charge in [-0.05, 0) is 24.3 Å². The molecule has 4 nitrogen and oxygen atoms in total. The Balaban J connectivity index is 1.95. The summed E-state index contributed by atoms with van der Waals surface area (Å²) in [4.78, 5) is 23.7. The first-order valence-corrected chi connectivity index (χ1v) is 6.62. The Labute approximate surface area is 128 Å². The molecule has 0 atom stereocenters. The van der Waals surface area contributed by atoms with Gasteiger partial charge in [-0.25, -0.2) is 9.18 Å². The predicted molar refractivity (Wildman–Crippen MR) is 78.9 cm³/mol. The molecule has 0 bridgehead atoms. The third-order valence-electron chi connectivity index (χ3n) is 3.01. The average molecular weight is 319 g/mol. The van der Waals surface area contributed by atoms with Gasteiger partial charge in [0.25, 0.3) is 0 Å². The van der Waals surface area contributed by atoms with Gasteiger partial charge in [0.05, 0.1) is 10.9 Å². The van der Waals surface area contributed by atoms with Crippen molar-refractivity contribution in [3.63, 3.8) is 0 Å². The number of halogens is 2. The second-order valence-electron chi connectivity index (χ2n) is 4.44. The van der Waals surface area contributed by atoms with E-state index in [0.717, 1.165) is 12.3 Å². The highest BCUT2D eigenvalue weighted by Gasteiger charge is 2.14. The van der Waals surface area contributed by atoms with Gasteiger partial charge in [-0.2, -0.15) is 0 Å². The molecule has 0 aliphatic heterocycles.